The highest BCUT2D eigenvalue weighted by molar-refractivity contribution is 7.91. The van der Waals surface area contributed by atoms with Gasteiger partial charge in [-0.1, -0.05) is 0 Å². The minimum atomic E-state index is -2.90. The number of nitrogens with one attached hydrogen (secondary N) is 1. The van der Waals surface area contributed by atoms with Crippen LogP contribution in [-0.2, 0) is 9.84 Å². The highest BCUT2D eigenvalue weighted by Gasteiger charge is 2.22. The van der Waals surface area contributed by atoms with E-state index in [-0.39, 0.29) is 11.5 Å². The van der Waals surface area contributed by atoms with Crippen LogP contribution in [0.1, 0.15) is 24.7 Å². The Kier molecular flexibility index (Phi) is 4.47. The second-order valence-electron chi connectivity index (χ2n) is 5.09. The molecule has 0 unspecified atom stereocenters. The number of nitrogens with zero attached hydrogens (tertiary/aromatic N) is 3. The topological polar surface area (TPSA) is 75.2 Å². The van der Waals surface area contributed by atoms with Crippen LogP contribution in [-0.4, -0.2) is 49.5 Å². The lowest BCUT2D eigenvalue weighted by Crippen LogP contribution is -2.29. The number of hydrogen-bond acceptors (Lipinski definition) is 6. The zero-order valence-electron chi connectivity index (χ0n) is 12.3. The lowest BCUT2D eigenvalue weighted by atomic mass is 10.2. The molecule has 1 aliphatic rings. The third-order valence-corrected chi connectivity index (χ3v) is 5.15. The van der Waals surface area contributed by atoms with Crippen LogP contribution < -0.4 is 10.2 Å². The summed E-state index contributed by atoms with van der Waals surface area (Å²) in [6, 6.07) is 0. The van der Waals surface area contributed by atoms with E-state index in [1.54, 1.807) is 0 Å². The summed E-state index contributed by atoms with van der Waals surface area (Å²) in [5.74, 6) is 2.86. The molecular formula is C13H22N4O2S. The molecule has 20 heavy (non-hydrogen) atoms. The van der Waals surface area contributed by atoms with E-state index in [4.69, 9.17) is 0 Å². The summed E-state index contributed by atoms with van der Waals surface area (Å²) >= 11 is 0. The lowest BCUT2D eigenvalue weighted by Gasteiger charge is -2.24. The third-order valence-electron chi connectivity index (χ3n) is 3.43. The summed E-state index contributed by atoms with van der Waals surface area (Å²) in [4.78, 5) is 11.0. The van der Waals surface area contributed by atoms with Gasteiger partial charge in [-0.25, -0.2) is 18.4 Å². The smallest absolute Gasteiger partial charge is 0.152 e. The van der Waals surface area contributed by atoms with Crippen molar-refractivity contribution in [2.75, 3.05) is 41.4 Å². The van der Waals surface area contributed by atoms with Gasteiger partial charge in [-0.2, -0.15) is 0 Å². The molecule has 2 heterocycles. The normalized spacial score (nSPS) is 18.6. The first-order chi connectivity index (χ1) is 9.43. The maximum absolute atomic E-state index is 11.7. The number of sulfone groups is 1. The van der Waals surface area contributed by atoms with Gasteiger partial charge >= 0.3 is 0 Å². The molecule has 6 nitrogen and oxygen atoms in total. The number of anilines is 2. The molecule has 1 aromatic rings. The van der Waals surface area contributed by atoms with Crippen molar-refractivity contribution in [3.63, 3.8) is 0 Å². The SMILES string of the molecule is CCNc1nc(C)nc(N2CCCS(=O)(=O)CC2)c1C. The van der Waals surface area contributed by atoms with E-state index in [9.17, 15) is 8.42 Å². The molecule has 1 fully saturated rings. The fourth-order valence-corrected chi connectivity index (χ4v) is 3.68. The van der Waals surface area contributed by atoms with Gasteiger partial charge < -0.3 is 10.2 Å². The fourth-order valence-electron chi connectivity index (χ4n) is 2.41. The number of aromatic nitrogens is 2. The Morgan fingerprint density at radius 2 is 1.95 bits per heavy atom. The van der Waals surface area contributed by atoms with E-state index in [2.05, 4.69) is 20.2 Å². The van der Waals surface area contributed by atoms with Crippen LogP contribution >= 0.6 is 0 Å². The van der Waals surface area contributed by atoms with Gasteiger partial charge in [0.15, 0.2) is 9.84 Å². The molecule has 1 saturated heterocycles. The molecule has 0 aromatic carbocycles. The van der Waals surface area contributed by atoms with Gasteiger partial charge in [0, 0.05) is 25.2 Å². The summed E-state index contributed by atoms with van der Waals surface area (Å²) in [6.45, 7) is 7.89. The second kappa shape index (κ2) is 5.95. The van der Waals surface area contributed by atoms with E-state index < -0.39 is 9.84 Å². The Morgan fingerprint density at radius 1 is 1.20 bits per heavy atom. The second-order valence-corrected chi connectivity index (χ2v) is 7.39. The Balaban J connectivity index is 2.32. The van der Waals surface area contributed by atoms with Crippen molar-refractivity contribution < 1.29 is 8.42 Å². The van der Waals surface area contributed by atoms with Crippen LogP contribution in [0.15, 0.2) is 0 Å². The molecule has 112 valence electrons. The Labute approximate surface area is 120 Å². The van der Waals surface area contributed by atoms with Crippen molar-refractivity contribution in [3.8, 4) is 0 Å². The molecule has 0 spiro atoms. The molecular weight excluding hydrogens is 276 g/mol. The maximum Gasteiger partial charge on any atom is 0.152 e. The molecule has 0 radical (unpaired) electrons. The van der Waals surface area contributed by atoms with Gasteiger partial charge in [-0.3, -0.25) is 0 Å². The predicted octanol–water partition coefficient (Wildman–Crippen LogP) is 1.15. The number of aryl methyl sites for hydroxylation is 1. The van der Waals surface area contributed by atoms with Gasteiger partial charge in [0.1, 0.15) is 17.5 Å². The van der Waals surface area contributed by atoms with Crippen LogP contribution in [0.25, 0.3) is 0 Å². The molecule has 7 heteroatoms. The van der Waals surface area contributed by atoms with Crippen molar-refractivity contribution in [2.45, 2.75) is 27.2 Å². The summed E-state index contributed by atoms with van der Waals surface area (Å²) in [6.07, 6.45) is 0.654. The van der Waals surface area contributed by atoms with Crippen molar-refractivity contribution in [1.82, 2.24) is 9.97 Å². The maximum atomic E-state index is 11.7. The first-order valence-electron chi connectivity index (χ1n) is 6.97. The predicted molar refractivity (Wildman–Crippen MR) is 81.2 cm³/mol. The zero-order valence-corrected chi connectivity index (χ0v) is 13.1. The third kappa shape index (κ3) is 3.39. The van der Waals surface area contributed by atoms with Gasteiger partial charge in [0.2, 0.25) is 0 Å². The minimum absolute atomic E-state index is 0.200. The Morgan fingerprint density at radius 3 is 2.65 bits per heavy atom. The van der Waals surface area contributed by atoms with Crippen molar-refractivity contribution in [3.05, 3.63) is 11.4 Å². The monoisotopic (exact) mass is 298 g/mol. The first-order valence-corrected chi connectivity index (χ1v) is 8.79. The molecule has 0 atom stereocenters. The Hall–Kier alpha value is -1.37. The number of hydrogen-bond donors (Lipinski definition) is 1. The van der Waals surface area contributed by atoms with Crippen LogP contribution in [0.2, 0.25) is 0 Å². The Bertz CT molecular complexity index is 586. The lowest BCUT2D eigenvalue weighted by molar-refractivity contribution is 0.597. The quantitative estimate of drug-likeness (QED) is 0.902. The molecule has 1 aliphatic heterocycles. The van der Waals surface area contributed by atoms with Gasteiger partial charge in [0.05, 0.1) is 11.5 Å². The van der Waals surface area contributed by atoms with E-state index in [0.29, 0.717) is 18.8 Å². The van der Waals surface area contributed by atoms with Gasteiger partial charge in [-0.05, 0) is 27.2 Å². The van der Waals surface area contributed by atoms with Gasteiger partial charge in [-0.15, -0.1) is 0 Å². The average molecular weight is 298 g/mol. The highest BCUT2D eigenvalue weighted by atomic mass is 32.2. The number of rotatable bonds is 3. The highest BCUT2D eigenvalue weighted by Crippen LogP contribution is 2.24. The largest absolute Gasteiger partial charge is 0.370 e. The van der Waals surface area contributed by atoms with Crippen LogP contribution in [0.5, 0.6) is 0 Å². The molecule has 1 aromatic heterocycles. The summed E-state index contributed by atoms with van der Waals surface area (Å²) in [5.41, 5.74) is 0.983. The molecule has 0 bridgehead atoms. The van der Waals surface area contributed by atoms with Crippen molar-refractivity contribution in [1.29, 1.82) is 0 Å². The first kappa shape index (κ1) is 15.0. The van der Waals surface area contributed by atoms with Crippen LogP contribution in [0.4, 0.5) is 11.6 Å². The minimum Gasteiger partial charge on any atom is -0.370 e. The average Bonchev–Trinajstić information content (AvgIpc) is 2.55. The van der Waals surface area contributed by atoms with Crippen molar-refractivity contribution >= 4 is 21.5 Å². The van der Waals surface area contributed by atoms with Gasteiger partial charge in [0.25, 0.3) is 0 Å². The molecule has 2 rings (SSSR count). The summed E-state index contributed by atoms with van der Waals surface area (Å²) in [7, 11) is -2.90. The fraction of sp³-hybridized carbons (Fsp3) is 0.692. The van der Waals surface area contributed by atoms with E-state index in [1.807, 2.05) is 20.8 Å². The summed E-state index contributed by atoms with van der Waals surface area (Å²) in [5, 5.41) is 3.23. The summed E-state index contributed by atoms with van der Waals surface area (Å²) < 4.78 is 23.4. The molecule has 0 aliphatic carbocycles. The van der Waals surface area contributed by atoms with E-state index in [0.717, 1.165) is 30.3 Å². The van der Waals surface area contributed by atoms with Crippen LogP contribution in [0, 0.1) is 13.8 Å². The molecule has 0 amide bonds. The van der Waals surface area contributed by atoms with E-state index >= 15 is 0 Å². The van der Waals surface area contributed by atoms with Crippen LogP contribution in [0.3, 0.4) is 0 Å². The van der Waals surface area contributed by atoms with E-state index in [1.165, 1.54) is 0 Å². The molecule has 1 N–H and O–H groups in total. The van der Waals surface area contributed by atoms with Crippen molar-refractivity contribution in [2.24, 2.45) is 0 Å². The standard InChI is InChI=1S/C13H22N4O2S/c1-4-14-12-10(2)13(16-11(3)15-12)17-6-5-8-20(18,19)9-7-17/h4-9H2,1-3H3,(H,14,15,16). The molecule has 0 saturated carbocycles. The zero-order chi connectivity index (χ0) is 14.8.